The molecule has 0 amide bonds. The van der Waals surface area contributed by atoms with Gasteiger partial charge in [-0.1, -0.05) is 0 Å². The fourth-order valence-corrected chi connectivity index (χ4v) is 3.00. The minimum Gasteiger partial charge on any atom is -0.480 e. The van der Waals surface area contributed by atoms with Gasteiger partial charge in [-0.25, -0.2) is 13.2 Å². The van der Waals surface area contributed by atoms with Crippen molar-refractivity contribution in [3.63, 3.8) is 0 Å². The molecule has 1 aromatic rings. The lowest BCUT2D eigenvalue weighted by atomic mass is 10.4. The number of rotatable bonds is 6. The Kier molecular flexibility index (Phi) is 5.13. The van der Waals surface area contributed by atoms with E-state index in [1.165, 1.54) is 37.8 Å². The fourth-order valence-electron chi connectivity index (χ4n) is 1.61. The highest BCUT2D eigenvalue weighted by Crippen LogP contribution is 2.20. The number of likely N-dealkylation sites (N-methyl/N-ethyl adjacent to an activating group) is 1. The van der Waals surface area contributed by atoms with Crippen LogP contribution in [0.3, 0.4) is 0 Å². The van der Waals surface area contributed by atoms with E-state index >= 15 is 0 Å². The Morgan fingerprint density at radius 2 is 2.05 bits per heavy atom. The normalized spacial score (nSPS) is 13.2. The average Bonchev–Trinajstić information content (AvgIpc) is 2.80. The van der Waals surface area contributed by atoms with Crippen LogP contribution in [0, 0.1) is 0 Å². The van der Waals surface area contributed by atoms with Gasteiger partial charge in [0.1, 0.15) is 16.6 Å². The van der Waals surface area contributed by atoms with Gasteiger partial charge in [0.2, 0.25) is 10.0 Å². The van der Waals surface area contributed by atoms with Gasteiger partial charge in [0.25, 0.3) is 0 Å². The molecule has 0 aliphatic heterocycles. The number of esters is 1. The van der Waals surface area contributed by atoms with Crippen molar-refractivity contribution in [2.24, 2.45) is 7.05 Å². The molecule has 1 rings (SSSR count). The molecule has 21 heavy (non-hydrogen) atoms. The van der Waals surface area contributed by atoms with E-state index in [4.69, 9.17) is 9.84 Å². The number of aryl methyl sites for hydroxylation is 1. The van der Waals surface area contributed by atoms with Crippen LogP contribution in [0.2, 0.25) is 0 Å². The van der Waals surface area contributed by atoms with Crippen LogP contribution in [0.25, 0.3) is 0 Å². The monoisotopic (exact) mass is 318 g/mol. The van der Waals surface area contributed by atoms with Crippen LogP contribution in [0.15, 0.2) is 17.2 Å². The van der Waals surface area contributed by atoms with Gasteiger partial charge in [0.05, 0.1) is 6.61 Å². The maximum Gasteiger partial charge on any atom is 0.354 e. The number of aromatic nitrogens is 1. The Hall–Kier alpha value is -1.87. The zero-order valence-corrected chi connectivity index (χ0v) is 13.0. The summed E-state index contributed by atoms with van der Waals surface area (Å²) in [6, 6.07) is -0.0560. The molecule has 1 N–H and O–H groups in total. The van der Waals surface area contributed by atoms with E-state index < -0.39 is 28.0 Å². The minimum atomic E-state index is -4.01. The summed E-state index contributed by atoms with van der Waals surface area (Å²) in [6.45, 7) is 3.07. The maximum atomic E-state index is 12.3. The molecule has 1 aromatic heterocycles. The van der Waals surface area contributed by atoms with Crippen LogP contribution in [0.5, 0.6) is 0 Å². The lowest BCUT2D eigenvalue weighted by molar-refractivity contribution is -0.140. The second-order valence-electron chi connectivity index (χ2n) is 4.43. The van der Waals surface area contributed by atoms with E-state index in [1.54, 1.807) is 6.92 Å². The first-order valence-electron chi connectivity index (χ1n) is 6.17. The SMILES string of the molecule is CCOC(=O)c1cc(S(=O)(=O)N(C)C(C)C(=O)O)cn1C. The summed E-state index contributed by atoms with van der Waals surface area (Å²) in [5, 5.41) is 8.90. The largest absolute Gasteiger partial charge is 0.480 e. The van der Waals surface area contributed by atoms with E-state index in [2.05, 4.69) is 0 Å². The molecule has 0 aliphatic carbocycles. The first kappa shape index (κ1) is 17.2. The molecule has 0 fully saturated rings. The summed E-state index contributed by atoms with van der Waals surface area (Å²) in [4.78, 5) is 22.4. The first-order chi connectivity index (χ1) is 9.62. The molecule has 1 unspecified atom stereocenters. The van der Waals surface area contributed by atoms with Crippen molar-refractivity contribution < 1.29 is 27.9 Å². The van der Waals surface area contributed by atoms with Crippen molar-refractivity contribution in [3.05, 3.63) is 18.0 Å². The molecule has 0 aromatic carbocycles. The molecule has 0 aliphatic rings. The van der Waals surface area contributed by atoms with Crippen molar-refractivity contribution in [1.82, 2.24) is 8.87 Å². The van der Waals surface area contributed by atoms with Crippen molar-refractivity contribution in [2.75, 3.05) is 13.7 Å². The molecular weight excluding hydrogens is 300 g/mol. The van der Waals surface area contributed by atoms with Gasteiger partial charge in [-0.15, -0.1) is 0 Å². The summed E-state index contributed by atoms with van der Waals surface area (Å²) in [5.41, 5.74) is 0.0757. The molecule has 0 spiro atoms. The zero-order chi connectivity index (χ0) is 16.4. The first-order valence-corrected chi connectivity index (χ1v) is 7.61. The average molecular weight is 318 g/mol. The van der Waals surface area contributed by atoms with Gasteiger partial charge in [0, 0.05) is 20.3 Å². The summed E-state index contributed by atoms with van der Waals surface area (Å²) < 4.78 is 31.5. The third kappa shape index (κ3) is 3.42. The van der Waals surface area contributed by atoms with Crippen LogP contribution in [-0.4, -0.2) is 54.0 Å². The number of sulfonamides is 1. The van der Waals surface area contributed by atoms with Gasteiger partial charge < -0.3 is 14.4 Å². The Labute approximate surface area is 123 Å². The lowest BCUT2D eigenvalue weighted by Gasteiger charge is -2.20. The third-order valence-electron chi connectivity index (χ3n) is 3.04. The van der Waals surface area contributed by atoms with Crippen LogP contribution in [0.4, 0.5) is 0 Å². The Bertz CT molecular complexity index is 649. The van der Waals surface area contributed by atoms with Gasteiger partial charge in [-0.2, -0.15) is 4.31 Å². The van der Waals surface area contributed by atoms with E-state index in [-0.39, 0.29) is 17.2 Å². The highest BCUT2D eigenvalue weighted by molar-refractivity contribution is 7.89. The van der Waals surface area contributed by atoms with Gasteiger partial charge in [0.15, 0.2) is 0 Å². The fraction of sp³-hybridized carbons (Fsp3) is 0.500. The number of aliphatic carboxylic acids is 1. The predicted octanol–water partition coefficient (Wildman–Crippen LogP) is 0.295. The number of carboxylic acids is 1. The Balaban J connectivity index is 3.19. The van der Waals surface area contributed by atoms with Crippen molar-refractivity contribution in [1.29, 1.82) is 0 Å². The number of nitrogens with zero attached hydrogens (tertiary/aromatic N) is 2. The minimum absolute atomic E-state index is 0.0757. The summed E-state index contributed by atoms with van der Waals surface area (Å²) >= 11 is 0. The van der Waals surface area contributed by atoms with E-state index in [0.717, 1.165) is 4.31 Å². The molecular formula is C12H18N2O6S. The molecule has 1 atom stereocenters. The number of carbonyl (C=O) groups is 2. The van der Waals surface area contributed by atoms with Crippen LogP contribution in [0.1, 0.15) is 24.3 Å². The number of carbonyl (C=O) groups excluding carboxylic acids is 1. The number of hydrogen-bond donors (Lipinski definition) is 1. The molecule has 9 heteroatoms. The lowest BCUT2D eigenvalue weighted by Crippen LogP contribution is -2.40. The molecule has 0 saturated carbocycles. The van der Waals surface area contributed by atoms with Crippen LogP contribution in [-0.2, 0) is 26.6 Å². The topological polar surface area (TPSA) is 106 Å². The predicted molar refractivity (Wildman–Crippen MR) is 73.4 cm³/mol. The highest BCUT2D eigenvalue weighted by atomic mass is 32.2. The molecule has 0 saturated heterocycles. The van der Waals surface area contributed by atoms with Gasteiger partial charge in [-0.3, -0.25) is 4.79 Å². The molecule has 0 bridgehead atoms. The molecule has 8 nitrogen and oxygen atoms in total. The highest BCUT2D eigenvalue weighted by Gasteiger charge is 2.31. The number of hydrogen-bond acceptors (Lipinski definition) is 5. The maximum absolute atomic E-state index is 12.3. The number of carboxylic acid groups (broad SMARTS) is 1. The Morgan fingerprint density at radius 3 is 2.52 bits per heavy atom. The second-order valence-corrected chi connectivity index (χ2v) is 6.43. The zero-order valence-electron chi connectivity index (χ0n) is 12.2. The second kappa shape index (κ2) is 6.27. The quantitative estimate of drug-likeness (QED) is 0.756. The van der Waals surface area contributed by atoms with E-state index in [0.29, 0.717) is 0 Å². The summed E-state index contributed by atoms with van der Waals surface area (Å²) in [7, 11) is -1.33. The van der Waals surface area contributed by atoms with Crippen molar-refractivity contribution in [2.45, 2.75) is 24.8 Å². The van der Waals surface area contributed by atoms with Crippen LogP contribution < -0.4 is 0 Å². The standard InChI is InChI=1S/C12H18N2O6S/c1-5-20-12(17)10-6-9(7-13(10)3)21(18,19)14(4)8(2)11(15)16/h6-8H,5H2,1-4H3,(H,15,16). The number of ether oxygens (including phenoxy) is 1. The van der Waals surface area contributed by atoms with E-state index in [9.17, 15) is 18.0 Å². The van der Waals surface area contributed by atoms with Gasteiger partial charge in [-0.05, 0) is 19.9 Å². The summed E-state index contributed by atoms with van der Waals surface area (Å²) in [6.07, 6.45) is 1.24. The van der Waals surface area contributed by atoms with Crippen molar-refractivity contribution in [3.8, 4) is 0 Å². The van der Waals surface area contributed by atoms with Crippen LogP contribution >= 0.6 is 0 Å². The third-order valence-corrected chi connectivity index (χ3v) is 4.94. The van der Waals surface area contributed by atoms with Gasteiger partial charge >= 0.3 is 11.9 Å². The smallest absolute Gasteiger partial charge is 0.354 e. The van der Waals surface area contributed by atoms with Crippen molar-refractivity contribution >= 4 is 22.0 Å². The molecule has 0 radical (unpaired) electrons. The summed E-state index contributed by atoms with van der Waals surface area (Å²) in [5.74, 6) is -1.90. The molecule has 1 heterocycles. The molecule has 118 valence electrons. The Morgan fingerprint density at radius 1 is 1.48 bits per heavy atom. The van der Waals surface area contributed by atoms with E-state index in [1.807, 2.05) is 0 Å².